The minimum absolute atomic E-state index is 0.249. The zero-order valence-electron chi connectivity index (χ0n) is 16.2. The van der Waals surface area contributed by atoms with Gasteiger partial charge >= 0.3 is 0 Å². The molecule has 0 spiro atoms. The topological polar surface area (TPSA) is 87.4 Å². The summed E-state index contributed by atoms with van der Waals surface area (Å²) in [6.45, 7) is 6.86. The molecule has 8 heteroatoms. The van der Waals surface area contributed by atoms with Crippen molar-refractivity contribution in [2.45, 2.75) is 58.5 Å². The summed E-state index contributed by atoms with van der Waals surface area (Å²) < 4.78 is 1.95. The van der Waals surface area contributed by atoms with Crippen LogP contribution in [0.15, 0.2) is 4.99 Å². The molecule has 1 amide bonds. The first kappa shape index (κ1) is 18.7. The second-order valence-corrected chi connectivity index (χ2v) is 7.31. The molecule has 1 saturated carbocycles. The number of aromatic nitrogens is 3. The maximum Gasteiger partial charge on any atom is 0.225 e. The van der Waals surface area contributed by atoms with Gasteiger partial charge in [0, 0.05) is 38.6 Å². The van der Waals surface area contributed by atoms with Crippen molar-refractivity contribution in [3.8, 4) is 0 Å². The van der Waals surface area contributed by atoms with E-state index in [1.807, 2.05) is 30.4 Å². The summed E-state index contributed by atoms with van der Waals surface area (Å²) in [6, 6.07) is 0.249. The van der Waals surface area contributed by atoms with Crippen LogP contribution in [-0.4, -0.2) is 57.2 Å². The smallest absolute Gasteiger partial charge is 0.225 e. The lowest BCUT2D eigenvalue weighted by Gasteiger charge is -2.21. The Morgan fingerprint density at radius 1 is 1.27 bits per heavy atom. The summed E-state index contributed by atoms with van der Waals surface area (Å²) in [5.41, 5.74) is 0. The maximum absolute atomic E-state index is 12.6. The predicted molar refractivity (Wildman–Crippen MR) is 101 cm³/mol. The third-order valence-corrected chi connectivity index (χ3v) is 5.45. The molecular weight excluding hydrogens is 330 g/mol. The first-order chi connectivity index (χ1) is 12.6. The highest BCUT2D eigenvalue weighted by molar-refractivity contribution is 5.81. The summed E-state index contributed by atoms with van der Waals surface area (Å²) in [5.74, 6) is 3.10. The van der Waals surface area contributed by atoms with Crippen LogP contribution in [0.2, 0.25) is 0 Å². The van der Waals surface area contributed by atoms with Crippen molar-refractivity contribution in [1.82, 2.24) is 30.3 Å². The number of likely N-dealkylation sites (tertiary alicyclic amines) is 1. The van der Waals surface area contributed by atoms with Crippen molar-refractivity contribution in [1.29, 1.82) is 0 Å². The fraction of sp³-hybridized carbons (Fsp3) is 0.778. The van der Waals surface area contributed by atoms with Gasteiger partial charge in [-0.1, -0.05) is 12.8 Å². The predicted octanol–water partition coefficient (Wildman–Crippen LogP) is 0.970. The van der Waals surface area contributed by atoms with E-state index in [9.17, 15) is 4.79 Å². The van der Waals surface area contributed by atoms with E-state index in [4.69, 9.17) is 0 Å². The average molecular weight is 361 g/mol. The molecule has 0 radical (unpaired) electrons. The van der Waals surface area contributed by atoms with Crippen LogP contribution in [0.4, 0.5) is 0 Å². The van der Waals surface area contributed by atoms with Gasteiger partial charge in [-0.05, 0) is 33.1 Å². The summed E-state index contributed by atoms with van der Waals surface area (Å²) in [7, 11) is 1.95. The number of aryl methyl sites for hydroxylation is 1. The number of rotatable bonds is 5. The van der Waals surface area contributed by atoms with Gasteiger partial charge in [-0.2, -0.15) is 0 Å². The number of hydrogen-bond donors (Lipinski definition) is 2. The fourth-order valence-electron chi connectivity index (χ4n) is 3.76. The van der Waals surface area contributed by atoms with Gasteiger partial charge in [0.15, 0.2) is 11.8 Å². The van der Waals surface area contributed by atoms with Gasteiger partial charge < -0.3 is 20.1 Å². The van der Waals surface area contributed by atoms with Crippen LogP contribution in [0.5, 0.6) is 0 Å². The molecule has 2 heterocycles. The number of amides is 1. The highest BCUT2D eigenvalue weighted by Gasteiger charge is 2.32. The summed E-state index contributed by atoms with van der Waals surface area (Å²) >= 11 is 0. The zero-order valence-corrected chi connectivity index (χ0v) is 16.2. The Kier molecular flexibility index (Phi) is 6.11. The lowest BCUT2D eigenvalue weighted by atomic mass is 10.1. The summed E-state index contributed by atoms with van der Waals surface area (Å²) in [5, 5.41) is 15.0. The molecule has 1 atom stereocenters. The molecule has 1 saturated heterocycles. The van der Waals surface area contributed by atoms with E-state index >= 15 is 0 Å². The van der Waals surface area contributed by atoms with Gasteiger partial charge in [0.1, 0.15) is 12.4 Å². The van der Waals surface area contributed by atoms with Gasteiger partial charge in [-0.3, -0.25) is 4.79 Å². The van der Waals surface area contributed by atoms with E-state index in [1.54, 1.807) is 0 Å². The number of carbonyl (C=O) groups excluding carboxylic acids is 1. The van der Waals surface area contributed by atoms with Crippen LogP contribution in [0.25, 0.3) is 0 Å². The van der Waals surface area contributed by atoms with E-state index in [2.05, 4.69) is 25.8 Å². The van der Waals surface area contributed by atoms with E-state index in [0.29, 0.717) is 12.5 Å². The number of guanidine groups is 1. The van der Waals surface area contributed by atoms with Crippen LogP contribution in [0, 0.1) is 12.8 Å². The quantitative estimate of drug-likeness (QED) is 0.603. The molecule has 2 aliphatic rings. The van der Waals surface area contributed by atoms with Gasteiger partial charge in [-0.15, -0.1) is 10.2 Å². The van der Waals surface area contributed by atoms with E-state index in [1.165, 1.54) is 12.8 Å². The number of hydrogen-bond acceptors (Lipinski definition) is 4. The number of nitrogens with zero attached hydrogens (tertiary/aromatic N) is 5. The van der Waals surface area contributed by atoms with Crippen LogP contribution in [0.3, 0.4) is 0 Å². The first-order valence-electron chi connectivity index (χ1n) is 9.77. The molecule has 1 aromatic heterocycles. The lowest BCUT2D eigenvalue weighted by Crippen LogP contribution is -2.45. The Morgan fingerprint density at radius 3 is 2.69 bits per heavy atom. The zero-order chi connectivity index (χ0) is 18.5. The normalized spacial score (nSPS) is 21.4. The highest BCUT2D eigenvalue weighted by atomic mass is 16.2. The molecular formula is C18H31N7O. The van der Waals surface area contributed by atoms with Gasteiger partial charge in [-0.25, -0.2) is 4.99 Å². The number of aliphatic imine (C=N–C) groups is 1. The molecule has 1 aliphatic heterocycles. The number of carbonyl (C=O) groups is 1. The maximum atomic E-state index is 12.6. The summed E-state index contributed by atoms with van der Waals surface area (Å²) in [6.07, 6.45) is 5.49. The van der Waals surface area contributed by atoms with Crippen molar-refractivity contribution < 1.29 is 4.79 Å². The van der Waals surface area contributed by atoms with Crippen molar-refractivity contribution in [3.63, 3.8) is 0 Å². The van der Waals surface area contributed by atoms with E-state index < -0.39 is 0 Å². The molecule has 3 rings (SSSR count). The van der Waals surface area contributed by atoms with E-state index in [0.717, 1.165) is 56.5 Å². The number of nitrogens with one attached hydrogen (secondary N) is 2. The lowest BCUT2D eigenvalue weighted by molar-refractivity contribution is -0.134. The second kappa shape index (κ2) is 8.51. The molecule has 1 aliphatic carbocycles. The molecule has 1 unspecified atom stereocenters. The molecule has 0 bridgehead atoms. The Bertz CT molecular complexity index is 648. The highest BCUT2D eigenvalue weighted by Crippen LogP contribution is 2.27. The fourth-order valence-corrected chi connectivity index (χ4v) is 3.76. The Morgan fingerprint density at radius 2 is 2.04 bits per heavy atom. The van der Waals surface area contributed by atoms with Gasteiger partial charge in [0.2, 0.25) is 5.91 Å². The van der Waals surface area contributed by atoms with Crippen LogP contribution >= 0.6 is 0 Å². The molecule has 26 heavy (non-hydrogen) atoms. The monoisotopic (exact) mass is 361 g/mol. The van der Waals surface area contributed by atoms with Crippen molar-refractivity contribution >= 4 is 11.9 Å². The second-order valence-electron chi connectivity index (χ2n) is 7.31. The average Bonchev–Trinajstić information content (AvgIpc) is 3.37. The van der Waals surface area contributed by atoms with Crippen molar-refractivity contribution in [2.75, 3.05) is 19.6 Å². The third-order valence-electron chi connectivity index (χ3n) is 5.45. The molecule has 0 aromatic carbocycles. The van der Waals surface area contributed by atoms with Gasteiger partial charge in [0.05, 0.1) is 0 Å². The van der Waals surface area contributed by atoms with Crippen LogP contribution < -0.4 is 10.6 Å². The molecule has 2 fully saturated rings. The Balaban J connectivity index is 1.55. The minimum Gasteiger partial charge on any atom is -0.357 e. The first-order valence-corrected chi connectivity index (χ1v) is 9.77. The molecule has 8 nitrogen and oxygen atoms in total. The molecule has 144 valence electrons. The molecule has 2 N–H and O–H groups in total. The third kappa shape index (κ3) is 4.34. The van der Waals surface area contributed by atoms with Gasteiger partial charge in [0.25, 0.3) is 0 Å². The minimum atomic E-state index is 0.249. The van der Waals surface area contributed by atoms with Crippen LogP contribution in [-0.2, 0) is 18.4 Å². The SMILES string of the molecule is CCNC(=NCc1nnc(C)n1C)NC1CCN(C(=O)C2CCCC2)C1. The van der Waals surface area contributed by atoms with Crippen molar-refractivity contribution in [2.24, 2.45) is 18.0 Å². The Labute approximate surface area is 155 Å². The summed E-state index contributed by atoms with van der Waals surface area (Å²) in [4.78, 5) is 19.3. The van der Waals surface area contributed by atoms with E-state index in [-0.39, 0.29) is 12.0 Å². The molecule has 1 aromatic rings. The standard InChI is InChI=1S/C18H31N7O/c1-4-19-18(20-11-16-23-22-13(2)24(16)3)21-15-9-10-25(12-15)17(26)14-7-5-6-8-14/h14-15H,4-12H2,1-3H3,(H2,19,20,21). The van der Waals surface area contributed by atoms with Crippen molar-refractivity contribution in [3.05, 3.63) is 11.6 Å². The Hall–Kier alpha value is -2.12. The van der Waals surface area contributed by atoms with Crippen LogP contribution in [0.1, 0.15) is 50.7 Å². The largest absolute Gasteiger partial charge is 0.357 e.